The molecule has 0 saturated carbocycles. The van der Waals surface area contributed by atoms with Crippen molar-refractivity contribution >= 4 is 15.9 Å². The van der Waals surface area contributed by atoms with Crippen LogP contribution in [0.3, 0.4) is 0 Å². The number of alkyl halides is 3. The summed E-state index contributed by atoms with van der Waals surface area (Å²) in [5.41, 5.74) is -1.41. The minimum atomic E-state index is -4.77. The van der Waals surface area contributed by atoms with Crippen LogP contribution in [0.15, 0.2) is 16.6 Å². The third-order valence-electron chi connectivity index (χ3n) is 1.31. The number of hydrogen-bond donors (Lipinski definition) is 1. The molecule has 0 radical (unpaired) electrons. The number of aromatic hydroxyl groups is 1. The van der Waals surface area contributed by atoms with Crippen molar-refractivity contribution in [2.45, 2.75) is 6.18 Å². The van der Waals surface area contributed by atoms with E-state index in [1.165, 1.54) is 0 Å². The summed E-state index contributed by atoms with van der Waals surface area (Å²) in [7, 11) is 0. The second-order valence-corrected chi connectivity index (χ2v) is 3.14. The third-order valence-corrected chi connectivity index (χ3v) is 1.94. The van der Waals surface area contributed by atoms with Crippen molar-refractivity contribution < 1.29 is 22.7 Å². The SMILES string of the molecule is Oc1cc(F)c(C(F)(F)F)c(Br)c1. The molecule has 0 aromatic heterocycles. The van der Waals surface area contributed by atoms with E-state index in [9.17, 15) is 17.6 Å². The average molecular weight is 259 g/mol. The molecule has 0 saturated heterocycles. The van der Waals surface area contributed by atoms with Crippen LogP contribution in [0.25, 0.3) is 0 Å². The summed E-state index contributed by atoms with van der Waals surface area (Å²) in [4.78, 5) is 0. The molecule has 1 aromatic rings. The summed E-state index contributed by atoms with van der Waals surface area (Å²) in [5, 5.41) is 8.75. The molecule has 1 rings (SSSR count). The molecule has 0 amide bonds. The van der Waals surface area contributed by atoms with E-state index in [2.05, 4.69) is 15.9 Å². The normalized spacial score (nSPS) is 11.8. The predicted molar refractivity (Wildman–Crippen MR) is 40.8 cm³/mol. The van der Waals surface area contributed by atoms with Gasteiger partial charge < -0.3 is 5.11 Å². The maximum atomic E-state index is 12.7. The van der Waals surface area contributed by atoms with Gasteiger partial charge in [0.1, 0.15) is 17.1 Å². The zero-order chi connectivity index (χ0) is 10.2. The lowest BCUT2D eigenvalue weighted by Crippen LogP contribution is -2.08. The van der Waals surface area contributed by atoms with Gasteiger partial charge in [0.25, 0.3) is 0 Å². The van der Waals surface area contributed by atoms with E-state index in [-0.39, 0.29) is 0 Å². The summed E-state index contributed by atoms with van der Waals surface area (Å²) in [6.07, 6.45) is -4.77. The lowest BCUT2D eigenvalue weighted by atomic mass is 10.2. The Balaban J connectivity index is 3.38. The summed E-state index contributed by atoms with van der Waals surface area (Å²) in [5.74, 6) is -2.06. The van der Waals surface area contributed by atoms with Crippen LogP contribution in [0.5, 0.6) is 5.75 Å². The number of benzene rings is 1. The average Bonchev–Trinajstić information content (AvgIpc) is 1.78. The van der Waals surface area contributed by atoms with Crippen LogP contribution in [0.2, 0.25) is 0 Å². The largest absolute Gasteiger partial charge is 0.508 e. The molecular weight excluding hydrogens is 256 g/mol. The van der Waals surface area contributed by atoms with Crippen LogP contribution in [0, 0.1) is 5.82 Å². The molecule has 6 heteroatoms. The summed E-state index contributed by atoms with van der Waals surface area (Å²) in [6.45, 7) is 0. The van der Waals surface area contributed by atoms with Gasteiger partial charge in [-0.25, -0.2) is 4.39 Å². The Kier molecular flexibility index (Phi) is 2.51. The van der Waals surface area contributed by atoms with Crippen molar-refractivity contribution in [2.24, 2.45) is 0 Å². The van der Waals surface area contributed by atoms with Crippen molar-refractivity contribution in [1.82, 2.24) is 0 Å². The molecule has 1 N–H and O–H groups in total. The first-order valence-corrected chi connectivity index (χ1v) is 3.87. The molecule has 0 aliphatic rings. The standard InChI is InChI=1S/C7H3BrF4O/c8-4-1-3(13)2-5(9)6(4)7(10,11)12/h1-2,13H. The molecule has 0 aliphatic heterocycles. The van der Waals surface area contributed by atoms with Crippen LogP contribution in [0.4, 0.5) is 17.6 Å². The molecule has 0 fully saturated rings. The van der Waals surface area contributed by atoms with Gasteiger partial charge in [-0.3, -0.25) is 0 Å². The van der Waals surface area contributed by atoms with Gasteiger partial charge in [-0.15, -0.1) is 0 Å². The highest BCUT2D eigenvalue weighted by molar-refractivity contribution is 9.10. The summed E-state index contributed by atoms with van der Waals surface area (Å²) < 4.78 is 48.4. The minimum Gasteiger partial charge on any atom is -0.508 e. The molecule has 0 heterocycles. The minimum absolute atomic E-state index is 0.410. The van der Waals surface area contributed by atoms with E-state index in [0.29, 0.717) is 6.07 Å². The molecule has 0 aliphatic carbocycles. The fraction of sp³-hybridized carbons (Fsp3) is 0.143. The van der Waals surface area contributed by atoms with Gasteiger partial charge in [0.15, 0.2) is 0 Å². The molecule has 72 valence electrons. The molecule has 0 spiro atoms. The first kappa shape index (κ1) is 10.3. The maximum absolute atomic E-state index is 12.7. The Morgan fingerprint density at radius 2 is 1.77 bits per heavy atom. The number of halogens is 5. The van der Waals surface area contributed by atoms with Crippen molar-refractivity contribution in [1.29, 1.82) is 0 Å². The highest BCUT2D eigenvalue weighted by Crippen LogP contribution is 2.38. The fourth-order valence-electron chi connectivity index (χ4n) is 0.831. The molecule has 1 aromatic carbocycles. The lowest BCUT2D eigenvalue weighted by Gasteiger charge is -2.09. The third kappa shape index (κ3) is 2.12. The van der Waals surface area contributed by atoms with Crippen molar-refractivity contribution in [3.63, 3.8) is 0 Å². The van der Waals surface area contributed by atoms with Crippen LogP contribution >= 0.6 is 15.9 Å². The van der Waals surface area contributed by atoms with Crippen LogP contribution in [-0.4, -0.2) is 5.11 Å². The zero-order valence-corrected chi connectivity index (χ0v) is 7.58. The van der Waals surface area contributed by atoms with Gasteiger partial charge in [0.2, 0.25) is 0 Å². The highest BCUT2D eigenvalue weighted by atomic mass is 79.9. The van der Waals surface area contributed by atoms with Crippen LogP contribution < -0.4 is 0 Å². The molecular formula is C7H3BrF4O. The van der Waals surface area contributed by atoms with Gasteiger partial charge in [-0.2, -0.15) is 13.2 Å². The first-order valence-electron chi connectivity index (χ1n) is 3.07. The second kappa shape index (κ2) is 3.17. The highest BCUT2D eigenvalue weighted by Gasteiger charge is 2.36. The number of rotatable bonds is 0. The summed E-state index contributed by atoms with van der Waals surface area (Å²) in [6, 6.07) is 1.19. The van der Waals surface area contributed by atoms with Crippen LogP contribution in [-0.2, 0) is 6.18 Å². The van der Waals surface area contributed by atoms with Crippen molar-refractivity contribution in [3.8, 4) is 5.75 Å². The quantitative estimate of drug-likeness (QED) is 0.708. The van der Waals surface area contributed by atoms with Gasteiger partial charge in [-0.05, 0) is 22.0 Å². The Labute approximate surface area is 79.1 Å². The fourth-order valence-corrected chi connectivity index (χ4v) is 1.48. The van der Waals surface area contributed by atoms with Gasteiger partial charge in [0.05, 0.1) is 0 Å². The van der Waals surface area contributed by atoms with Crippen molar-refractivity contribution in [2.75, 3.05) is 0 Å². The smallest absolute Gasteiger partial charge is 0.420 e. The molecule has 0 unspecified atom stereocenters. The second-order valence-electron chi connectivity index (χ2n) is 2.28. The zero-order valence-electron chi connectivity index (χ0n) is 5.99. The first-order chi connectivity index (χ1) is 5.82. The summed E-state index contributed by atoms with van der Waals surface area (Å²) >= 11 is 2.51. The predicted octanol–water partition coefficient (Wildman–Crippen LogP) is 3.31. The number of phenolic OH excluding ortho intramolecular Hbond substituents is 1. The Bertz CT molecular complexity index is 311. The van der Waals surface area contributed by atoms with E-state index in [0.717, 1.165) is 6.07 Å². The Morgan fingerprint density at radius 3 is 2.15 bits per heavy atom. The molecule has 1 nitrogen and oxygen atoms in total. The molecule has 0 bridgehead atoms. The van der Waals surface area contributed by atoms with Gasteiger partial charge in [-0.1, -0.05) is 0 Å². The van der Waals surface area contributed by atoms with E-state index in [4.69, 9.17) is 5.11 Å². The van der Waals surface area contributed by atoms with E-state index >= 15 is 0 Å². The van der Waals surface area contributed by atoms with E-state index < -0.39 is 27.8 Å². The Morgan fingerprint density at radius 1 is 1.23 bits per heavy atom. The van der Waals surface area contributed by atoms with Gasteiger partial charge in [0, 0.05) is 10.5 Å². The number of phenols is 1. The Hall–Kier alpha value is -0.780. The molecule has 13 heavy (non-hydrogen) atoms. The van der Waals surface area contributed by atoms with E-state index in [1.54, 1.807) is 0 Å². The number of hydrogen-bond acceptors (Lipinski definition) is 1. The van der Waals surface area contributed by atoms with Crippen molar-refractivity contribution in [3.05, 3.63) is 28.0 Å². The van der Waals surface area contributed by atoms with Crippen LogP contribution in [0.1, 0.15) is 5.56 Å². The maximum Gasteiger partial charge on any atom is 0.420 e. The topological polar surface area (TPSA) is 20.2 Å². The monoisotopic (exact) mass is 258 g/mol. The van der Waals surface area contributed by atoms with Gasteiger partial charge >= 0.3 is 6.18 Å². The molecule has 0 atom stereocenters. The van der Waals surface area contributed by atoms with E-state index in [1.807, 2.05) is 0 Å². The lowest BCUT2D eigenvalue weighted by molar-refractivity contribution is -0.140.